The number of hydrogen-bond acceptors (Lipinski definition) is 2. The van der Waals surface area contributed by atoms with Crippen molar-refractivity contribution in [2.45, 2.75) is 13.0 Å². The smallest absolute Gasteiger partial charge is 0.317 e. The number of hydrogen-bond donors (Lipinski definition) is 1. The molecule has 4 heteroatoms. The number of nitrogens with zero attached hydrogens (tertiary/aromatic N) is 2. The van der Waals surface area contributed by atoms with E-state index in [4.69, 9.17) is 0 Å². The third-order valence-electron chi connectivity index (χ3n) is 5.63. The molecule has 0 aliphatic carbocycles. The molecule has 1 aliphatic rings. The number of nitrogens with one attached hydrogen (secondary N) is 1. The Morgan fingerprint density at radius 1 is 0.733 bits per heavy atom. The molecule has 1 N–H and O–H groups in total. The summed E-state index contributed by atoms with van der Waals surface area (Å²) in [5.41, 5.74) is 5.07. The first-order valence-corrected chi connectivity index (χ1v) is 10.7. The molecular weight excluding hydrogens is 370 g/mol. The van der Waals surface area contributed by atoms with E-state index >= 15 is 0 Å². The van der Waals surface area contributed by atoms with Crippen molar-refractivity contribution in [2.24, 2.45) is 0 Å². The van der Waals surface area contributed by atoms with Gasteiger partial charge in [-0.05, 0) is 34.7 Å². The molecule has 4 rings (SSSR count). The summed E-state index contributed by atoms with van der Waals surface area (Å²) in [5.74, 6) is 0. The molecule has 3 aromatic carbocycles. The van der Waals surface area contributed by atoms with Crippen LogP contribution in [-0.4, -0.2) is 48.6 Å². The molecule has 3 aromatic rings. The lowest BCUT2D eigenvalue weighted by Crippen LogP contribution is -2.51. The lowest BCUT2D eigenvalue weighted by atomic mass is 10.0. The SMILES string of the molecule is O=C(NCCc1ccccc1)N1CCN(Cc2cccc(-c3ccccc3)c2)CC1. The van der Waals surface area contributed by atoms with Crippen molar-refractivity contribution < 1.29 is 4.79 Å². The van der Waals surface area contributed by atoms with Gasteiger partial charge in [-0.1, -0.05) is 78.9 Å². The average molecular weight is 400 g/mol. The first kappa shape index (κ1) is 20.2. The number of piperazine rings is 1. The number of carbonyl (C=O) groups excluding carboxylic acids is 1. The zero-order valence-corrected chi connectivity index (χ0v) is 17.3. The van der Waals surface area contributed by atoms with Gasteiger partial charge in [0.15, 0.2) is 0 Å². The number of carbonyl (C=O) groups is 1. The molecule has 1 aliphatic heterocycles. The van der Waals surface area contributed by atoms with Crippen molar-refractivity contribution in [1.82, 2.24) is 15.1 Å². The number of urea groups is 1. The van der Waals surface area contributed by atoms with Crippen LogP contribution in [0.5, 0.6) is 0 Å². The van der Waals surface area contributed by atoms with Gasteiger partial charge in [0.2, 0.25) is 0 Å². The van der Waals surface area contributed by atoms with Gasteiger partial charge in [-0.25, -0.2) is 4.79 Å². The van der Waals surface area contributed by atoms with Crippen LogP contribution < -0.4 is 5.32 Å². The fourth-order valence-corrected chi connectivity index (χ4v) is 3.92. The van der Waals surface area contributed by atoms with Crippen LogP contribution in [-0.2, 0) is 13.0 Å². The Hall–Kier alpha value is -3.11. The summed E-state index contributed by atoms with van der Waals surface area (Å²) < 4.78 is 0. The van der Waals surface area contributed by atoms with Gasteiger partial charge in [-0.2, -0.15) is 0 Å². The van der Waals surface area contributed by atoms with Gasteiger partial charge in [-0.15, -0.1) is 0 Å². The summed E-state index contributed by atoms with van der Waals surface area (Å²) in [4.78, 5) is 16.8. The zero-order valence-electron chi connectivity index (χ0n) is 17.3. The molecule has 4 nitrogen and oxygen atoms in total. The minimum Gasteiger partial charge on any atom is -0.338 e. The predicted octanol–water partition coefficient (Wildman–Crippen LogP) is 4.42. The lowest BCUT2D eigenvalue weighted by Gasteiger charge is -2.34. The van der Waals surface area contributed by atoms with Crippen LogP contribution >= 0.6 is 0 Å². The molecule has 1 fully saturated rings. The predicted molar refractivity (Wildman–Crippen MR) is 122 cm³/mol. The summed E-state index contributed by atoms with van der Waals surface area (Å²) in [5, 5.41) is 3.06. The molecular formula is C26H29N3O. The van der Waals surface area contributed by atoms with Crippen molar-refractivity contribution in [3.63, 3.8) is 0 Å². The second-order valence-corrected chi connectivity index (χ2v) is 7.80. The van der Waals surface area contributed by atoms with Gasteiger partial charge in [0, 0.05) is 39.3 Å². The van der Waals surface area contributed by atoms with E-state index in [0.29, 0.717) is 6.54 Å². The van der Waals surface area contributed by atoms with E-state index in [1.54, 1.807) is 0 Å². The van der Waals surface area contributed by atoms with E-state index in [9.17, 15) is 4.79 Å². The maximum atomic E-state index is 12.5. The standard InChI is InChI=1S/C26H29N3O/c30-26(27-15-14-22-8-3-1-4-9-22)29-18-16-28(17-19-29)21-23-10-7-13-25(20-23)24-11-5-2-6-12-24/h1-13,20H,14-19,21H2,(H,27,30). The fourth-order valence-electron chi connectivity index (χ4n) is 3.92. The number of amides is 2. The molecule has 0 radical (unpaired) electrons. The van der Waals surface area contributed by atoms with Gasteiger partial charge >= 0.3 is 6.03 Å². The van der Waals surface area contributed by atoms with E-state index in [2.05, 4.69) is 70.9 Å². The summed E-state index contributed by atoms with van der Waals surface area (Å²) in [6.45, 7) is 4.95. The quantitative estimate of drug-likeness (QED) is 0.666. The minimum absolute atomic E-state index is 0.0525. The molecule has 0 spiro atoms. The lowest BCUT2D eigenvalue weighted by molar-refractivity contribution is 0.135. The largest absolute Gasteiger partial charge is 0.338 e. The Kier molecular flexibility index (Phi) is 6.78. The highest BCUT2D eigenvalue weighted by atomic mass is 16.2. The summed E-state index contributed by atoms with van der Waals surface area (Å²) in [6, 6.07) is 29.6. The molecule has 2 amide bonds. The van der Waals surface area contributed by atoms with Crippen LogP contribution in [0.25, 0.3) is 11.1 Å². The van der Waals surface area contributed by atoms with Crippen LogP contribution in [0, 0.1) is 0 Å². The second-order valence-electron chi connectivity index (χ2n) is 7.80. The first-order valence-electron chi connectivity index (χ1n) is 10.7. The van der Waals surface area contributed by atoms with E-state index < -0.39 is 0 Å². The van der Waals surface area contributed by atoms with E-state index in [1.807, 2.05) is 29.2 Å². The topological polar surface area (TPSA) is 35.6 Å². The Labute approximate surface area is 179 Å². The van der Waals surface area contributed by atoms with Gasteiger partial charge in [0.1, 0.15) is 0 Å². The highest BCUT2D eigenvalue weighted by molar-refractivity contribution is 5.74. The number of rotatable bonds is 6. The molecule has 0 saturated carbocycles. The summed E-state index contributed by atoms with van der Waals surface area (Å²) >= 11 is 0. The Balaban J connectivity index is 1.23. The summed E-state index contributed by atoms with van der Waals surface area (Å²) in [6.07, 6.45) is 0.865. The minimum atomic E-state index is 0.0525. The van der Waals surface area contributed by atoms with Crippen molar-refractivity contribution in [3.8, 4) is 11.1 Å². The summed E-state index contributed by atoms with van der Waals surface area (Å²) in [7, 11) is 0. The normalized spacial score (nSPS) is 14.5. The van der Waals surface area contributed by atoms with Crippen molar-refractivity contribution in [2.75, 3.05) is 32.7 Å². The van der Waals surface area contributed by atoms with Gasteiger partial charge in [0.05, 0.1) is 0 Å². The van der Waals surface area contributed by atoms with Gasteiger partial charge in [-0.3, -0.25) is 4.90 Å². The van der Waals surface area contributed by atoms with Crippen LogP contribution in [0.2, 0.25) is 0 Å². The molecule has 0 bridgehead atoms. The number of benzene rings is 3. The van der Waals surface area contributed by atoms with E-state index in [-0.39, 0.29) is 6.03 Å². The molecule has 0 aromatic heterocycles. The fraction of sp³-hybridized carbons (Fsp3) is 0.269. The molecule has 1 saturated heterocycles. The highest BCUT2D eigenvalue weighted by Gasteiger charge is 2.20. The maximum Gasteiger partial charge on any atom is 0.317 e. The Bertz CT molecular complexity index is 935. The van der Waals surface area contributed by atoms with Crippen molar-refractivity contribution in [1.29, 1.82) is 0 Å². The molecule has 154 valence electrons. The van der Waals surface area contributed by atoms with Crippen LogP contribution in [0.4, 0.5) is 4.79 Å². The third kappa shape index (κ3) is 5.49. The second kappa shape index (κ2) is 10.1. The van der Waals surface area contributed by atoms with Crippen molar-refractivity contribution >= 4 is 6.03 Å². The van der Waals surface area contributed by atoms with Gasteiger partial charge < -0.3 is 10.2 Å². The molecule has 0 unspecified atom stereocenters. The van der Waals surface area contributed by atoms with E-state index in [0.717, 1.165) is 39.1 Å². The van der Waals surface area contributed by atoms with Crippen molar-refractivity contribution in [3.05, 3.63) is 96.1 Å². The first-order chi connectivity index (χ1) is 14.8. The van der Waals surface area contributed by atoms with Crippen LogP contribution in [0.1, 0.15) is 11.1 Å². The molecule has 0 atom stereocenters. The Morgan fingerprint density at radius 2 is 1.37 bits per heavy atom. The Morgan fingerprint density at radius 3 is 2.10 bits per heavy atom. The van der Waals surface area contributed by atoms with Gasteiger partial charge in [0.25, 0.3) is 0 Å². The van der Waals surface area contributed by atoms with Crippen LogP contribution in [0.3, 0.4) is 0 Å². The van der Waals surface area contributed by atoms with E-state index in [1.165, 1.54) is 22.3 Å². The zero-order chi connectivity index (χ0) is 20.6. The molecule has 1 heterocycles. The third-order valence-corrected chi connectivity index (χ3v) is 5.63. The average Bonchev–Trinajstić information content (AvgIpc) is 2.81. The maximum absolute atomic E-state index is 12.5. The molecule has 30 heavy (non-hydrogen) atoms. The monoisotopic (exact) mass is 399 g/mol. The highest BCUT2D eigenvalue weighted by Crippen LogP contribution is 2.21. The van der Waals surface area contributed by atoms with Crippen LogP contribution in [0.15, 0.2) is 84.9 Å².